The van der Waals surface area contributed by atoms with Gasteiger partial charge in [-0.25, -0.2) is 13.2 Å². The van der Waals surface area contributed by atoms with Crippen molar-refractivity contribution in [2.45, 2.75) is 50.4 Å². The largest absolute Gasteiger partial charge is 0.387 e. The third-order valence-electron chi connectivity index (χ3n) is 5.63. The van der Waals surface area contributed by atoms with Crippen LogP contribution in [0.3, 0.4) is 0 Å². The van der Waals surface area contributed by atoms with Crippen LogP contribution in [0.4, 0.5) is 18.9 Å². The average Bonchev–Trinajstić information content (AvgIpc) is 3.07. The molecule has 0 bridgehead atoms. The van der Waals surface area contributed by atoms with Crippen LogP contribution in [0.25, 0.3) is 21.9 Å². The SMILES string of the molecule is CC(C)(O)[C@H](F)CNC(=O)c1cnc2c([nH]c3cc(C#N)ccc32)c1NC1CC(F)(F)C1. The van der Waals surface area contributed by atoms with Crippen LogP contribution in [0.15, 0.2) is 24.4 Å². The Morgan fingerprint density at radius 2 is 2.16 bits per heavy atom. The Morgan fingerprint density at radius 3 is 2.78 bits per heavy atom. The van der Waals surface area contributed by atoms with E-state index in [1.165, 1.54) is 20.0 Å². The van der Waals surface area contributed by atoms with Gasteiger partial charge in [-0.1, -0.05) is 0 Å². The highest BCUT2D eigenvalue weighted by molar-refractivity contribution is 6.14. The number of hydrogen-bond donors (Lipinski definition) is 4. The molecule has 1 aliphatic carbocycles. The third-order valence-corrected chi connectivity index (χ3v) is 5.63. The Kier molecular flexibility index (Phi) is 5.25. The van der Waals surface area contributed by atoms with Gasteiger partial charge < -0.3 is 20.7 Å². The number of amides is 1. The van der Waals surface area contributed by atoms with Gasteiger partial charge in [-0.15, -0.1) is 0 Å². The van der Waals surface area contributed by atoms with E-state index in [0.29, 0.717) is 27.5 Å². The van der Waals surface area contributed by atoms with Gasteiger partial charge in [0.2, 0.25) is 0 Å². The molecule has 1 aliphatic rings. The van der Waals surface area contributed by atoms with Gasteiger partial charge in [0.25, 0.3) is 11.8 Å². The molecular formula is C22H22F3N5O2. The van der Waals surface area contributed by atoms with E-state index < -0.39 is 36.2 Å². The number of halogens is 3. The zero-order valence-corrected chi connectivity index (χ0v) is 17.5. The smallest absolute Gasteiger partial charge is 0.255 e. The Balaban J connectivity index is 1.74. The van der Waals surface area contributed by atoms with Gasteiger partial charge in [-0.3, -0.25) is 9.78 Å². The maximum atomic E-state index is 14.1. The number of hydrogen-bond acceptors (Lipinski definition) is 5. The second-order valence-corrected chi connectivity index (χ2v) is 8.70. The molecule has 2 heterocycles. The zero-order chi connectivity index (χ0) is 23.3. The number of nitriles is 1. The monoisotopic (exact) mass is 445 g/mol. The van der Waals surface area contributed by atoms with Crippen molar-refractivity contribution in [1.29, 1.82) is 5.26 Å². The molecular weight excluding hydrogens is 423 g/mol. The number of aromatic nitrogens is 2. The summed E-state index contributed by atoms with van der Waals surface area (Å²) < 4.78 is 40.9. The summed E-state index contributed by atoms with van der Waals surface area (Å²) >= 11 is 0. The first-order valence-corrected chi connectivity index (χ1v) is 10.1. The van der Waals surface area contributed by atoms with Crippen LogP contribution in [0.2, 0.25) is 0 Å². The summed E-state index contributed by atoms with van der Waals surface area (Å²) in [4.78, 5) is 20.3. The van der Waals surface area contributed by atoms with E-state index in [2.05, 4.69) is 20.6 Å². The number of rotatable bonds is 6. The number of aromatic amines is 1. The van der Waals surface area contributed by atoms with Crippen molar-refractivity contribution < 1.29 is 23.1 Å². The van der Waals surface area contributed by atoms with Crippen molar-refractivity contribution >= 4 is 33.5 Å². The zero-order valence-electron chi connectivity index (χ0n) is 17.5. The Bertz CT molecular complexity index is 1230. The quantitative estimate of drug-likeness (QED) is 0.463. The predicted octanol–water partition coefficient (Wildman–Crippen LogP) is 3.64. The van der Waals surface area contributed by atoms with Crippen LogP contribution in [0.5, 0.6) is 0 Å². The van der Waals surface area contributed by atoms with Crippen LogP contribution in [-0.2, 0) is 0 Å². The van der Waals surface area contributed by atoms with E-state index in [9.17, 15) is 23.1 Å². The van der Waals surface area contributed by atoms with Crippen molar-refractivity contribution in [1.82, 2.24) is 15.3 Å². The molecule has 1 aromatic carbocycles. The van der Waals surface area contributed by atoms with Gasteiger partial charge in [0.05, 0.1) is 46.1 Å². The normalized spacial score (nSPS) is 17.0. The average molecular weight is 445 g/mol. The van der Waals surface area contributed by atoms with Gasteiger partial charge in [-0.2, -0.15) is 5.26 Å². The molecule has 0 spiro atoms. The molecule has 0 unspecified atom stereocenters. The van der Waals surface area contributed by atoms with Crippen molar-refractivity contribution in [2.75, 3.05) is 11.9 Å². The molecule has 0 saturated heterocycles. The van der Waals surface area contributed by atoms with Gasteiger partial charge in [-0.05, 0) is 32.0 Å². The Morgan fingerprint density at radius 1 is 1.44 bits per heavy atom. The van der Waals surface area contributed by atoms with E-state index in [1.54, 1.807) is 18.2 Å². The van der Waals surface area contributed by atoms with Crippen molar-refractivity contribution in [3.8, 4) is 6.07 Å². The molecule has 1 fully saturated rings. The standard InChI is InChI=1S/C22H22F3N5O2/c1-21(2,32)16(23)10-28-20(31)14-9-27-17-13-4-3-11(8-26)5-15(13)30-19(17)18(14)29-12-6-22(24,25)7-12/h3-5,9,12,16,30,32H,6-7,10H2,1-2H3,(H,27,29)(H,28,31)/t16-/m1/s1. The summed E-state index contributed by atoms with van der Waals surface area (Å²) in [5.41, 5.74) is 0.674. The molecule has 10 heteroatoms. The summed E-state index contributed by atoms with van der Waals surface area (Å²) in [7, 11) is 0. The number of pyridine rings is 1. The molecule has 4 rings (SSSR count). The number of H-pyrrole nitrogens is 1. The summed E-state index contributed by atoms with van der Waals surface area (Å²) in [6.07, 6.45) is -1.15. The number of aliphatic hydroxyl groups is 1. The summed E-state index contributed by atoms with van der Waals surface area (Å²) in [6.45, 7) is 2.15. The first kappa shape index (κ1) is 21.9. The second kappa shape index (κ2) is 7.67. The van der Waals surface area contributed by atoms with Gasteiger partial charge >= 0.3 is 0 Å². The number of fused-ring (bicyclic) bond motifs is 3. The van der Waals surface area contributed by atoms with E-state index in [0.717, 1.165) is 0 Å². The molecule has 168 valence electrons. The highest BCUT2D eigenvalue weighted by atomic mass is 19.3. The molecule has 7 nitrogen and oxygen atoms in total. The lowest BCUT2D eigenvalue weighted by molar-refractivity contribution is -0.0793. The minimum Gasteiger partial charge on any atom is -0.387 e. The summed E-state index contributed by atoms with van der Waals surface area (Å²) in [6, 6.07) is 6.49. The van der Waals surface area contributed by atoms with Crippen LogP contribution < -0.4 is 10.6 Å². The van der Waals surface area contributed by atoms with E-state index in [4.69, 9.17) is 5.26 Å². The second-order valence-electron chi connectivity index (χ2n) is 8.70. The van der Waals surface area contributed by atoms with Crippen LogP contribution >= 0.6 is 0 Å². The first-order valence-electron chi connectivity index (χ1n) is 10.1. The van der Waals surface area contributed by atoms with Crippen LogP contribution in [0.1, 0.15) is 42.6 Å². The number of carbonyl (C=O) groups excluding carboxylic acids is 1. The fraction of sp³-hybridized carbons (Fsp3) is 0.409. The van der Waals surface area contributed by atoms with Crippen LogP contribution in [-0.4, -0.2) is 51.3 Å². The molecule has 32 heavy (non-hydrogen) atoms. The van der Waals surface area contributed by atoms with Gasteiger partial charge in [0, 0.05) is 36.0 Å². The fourth-order valence-corrected chi connectivity index (χ4v) is 3.71. The lowest BCUT2D eigenvalue weighted by Gasteiger charge is -2.36. The van der Waals surface area contributed by atoms with Crippen molar-refractivity contribution in [3.63, 3.8) is 0 Å². The fourth-order valence-electron chi connectivity index (χ4n) is 3.71. The number of nitrogens with zero attached hydrogens (tertiary/aromatic N) is 2. The number of alkyl halides is 3. The Hall–Kier alpha value is -3.32. The van der Waals surface area contributed by atoms with E-state index in [1.807, 2.05) is 6.07 Å². The maximum Gasteiger partial charge on any atom is 0.255 e. The molecule has 2 aromatic heterocycles. The van der Waals surface area contributed by atoms with Gasteiger partial charge in [0.1, 0.15) is 6.17 Å². The van der Waals surface area contributed by atoms with E-state index in [-0.39, 0.29) is 24.1 Å². The highest BCUT2D eigenvalue weighted by Crippen LogP contribution is 2.41. The van der Waals surface area contributed by atoms with Crippen LogP contribution in [0, 0.1) is 11.3 Å². The molecule has 1 amide bonds. The molecule has 0 aliphatic heterocycles. The minimum atomic E-state index is -2.76. The molecule has 1 saturated carbocycles. The maximum absolute atomic E-state index is 14.1. The van der Waals surface area contributed by atoms with E-state index >= 15 is 0 Å². The summed E-state index contributed by atoms with van der Waals surface area (Å²) in [5.74, 6) is -3.42. The molecule has 1 atom stereocenters. The number of benzene rings is 1. The highest BCUT2D eigenvalue weighted by Gasteiger charge is 2.45. The van der Waals surface area contributed by atoms with Crippen molar-refractivity contribution in [2.24, 2.45) is 0 Å². The lowest BCUT2D eigenvalue weighted by atomic mass is 9.88. The first-order chi connectivity index (χ1) is 15.0. The number of anilines is 1. The number of nitrogens with one attached hydrogen (secondary N) is 3. The molecule has 4 N–H and O–H groups in total. The lowest BCUT2D eigenvalue weighted by Crippen LogP contribution is -2.45. The molecule has 3 aromatic rings. The minimum absolute atomic E-state index is 0.0581. The Labute approximate surface area is 181 Å². The number of carbonyl (C=O) groups is 1. The molecule has 0 radical (unpaired) electrons. The third kappa shape index (κ3) is 4.08. The van der Waals surface area contributed by atoms with Gasteiger partial charge in [0.15, 0.2) is 0 Å². The van der Waals surface area contributed by atoms with Crippen molar-refractivity contribution in [3.05, 3.63) is 35.5 Å². The summed E-state index contributed by atoms with van der Waals surface area (Å²) in [5, 5.41) is 25.0. The topological polar surface area (TPSA) is 114 Å². The predicted molar refractivity (Wildman–Crippen MR) is 113 cm³/mol.